The summed E-state index contributed by atoms with van der Waals surface area (Å²) in [7, 11) is 0. The summed E-state index contributed by atoms with van der Waals surface area (Å²) in [4.78, 5) is 16.9. The Balaban J connectivity index is 1.85. The largest absolute Gasteiger partial charge is 0.352 e. The Morgan fingerprint density at radius 2 is 1.79 bits per heavy atom. The first kappa shape index (κ1) is 18.9. The zero-order chi connectivity index (χ0) is 17.4. The van der Waals surface area contributed by atoms with E-state index in [-0.39, 0.29) is 11.9 Å². The fourth-order valence-electron chi connectivity index (χ4n) is 3.03. The molecule has 1 heterocycles. The van der Waals surface area contributed by atoms with E-state index in [0.717, 1.165) is 45.7 Å². The first-order valence-corrected chi connectivity index (χ1v) is 9.12. The van der Waals surface area contributed by atoms with E-state index in [1.165, 1.54) is 11.1 Å². The molecule has 2 rings (SSSR count). The molecule has 0 radical (unpaired) electrons. The number of hydrogen-bond acceptors (Lipinski definition) is 4. The van der Waals surface area contributed by atoms with E-state index in [0.29, 0.717) is 13.0 Å². The van der Waals surface area contributed by atoms with Crippen LogP contribution in [-0.2, 0) is 17.9 Å². The van der Waals surface area contributed by atoms with E-state index < -0.39 is 0 Å². The summed E-state index contributed by atoms with van der Waals surface area (Å²) in [6.45, 7) is 11.4. The highest BCUT2D eigenvalue weighted by Crippen LogP contribution is 2.13. The van der Waals surface area contributed by atoms with Crippen molar-refractivity contribution in [1.82, 2.24) is 15.1 Å². The van der Waals surface area contributed by atoms with Crippen LogP contribution in [0.25, 0.3) is 0 Å². The van der Waals surface area contributed by atoms with Gasteiger partial charge in [-0.25, -0.2) is 0 Å². The Kier molecular flexibility index (Phi) is 7.69. The summed E-state index contributed by atoms with van der Waals surface area (Å²) in [5.41, 5.74) is 8.23. The van der Waals surface area contributed by atoms with Crippen molar-refractivity contribution in [2.45, 2.75) is 45.8 Å². The van der Waals surface area contributed by atoms with Crippen LogP contribution in [0.4, 0.5) is 0 Å². The highest BCUT2D eigenvalue weighted by molar-refractivity contribution is 5.75. The lowest BCUT2D eigenvalue weighted by Gasteiger charge is -2.34. The number of nitrogens with two attached hydrogens (primary N) is 1. The number of piperazine rings is 1. The first-order valence-electron chi connectivity index (χ1n) is 9.12. The molecule has 0 bridgehead atoms. The molecule has 1 aromatic carbocycles. The van der Waals surface area contributed by atoms with Gasteiger partial charge in [-0.2, -0.15) is 0 Å². The number of nitrogens with one attached hydrogen (secondary N) is 1. The lowest BCUT2D eigenvalue weighted by atomic mass is 10.1. The smallest absolute Gasteiger partial charge is 0.220 e. The standard InChI is InChI=1S/C19H32N4O/c1-3-22-10-12-23(13-11-22)15-18-7-5-4-6-17(18)14-21-19(24)9-8-16(2)20/h4-7,16H,3,8-15,20H2,1-2H3,(H,21,24). The second-order valence-electron chi connectivity index (χ2n) is 6.77. The van der Waals surface area contributed by atoms with Gasteiger partial charge in [0.15, 0.2) is 0 Å². The number of likely N-dealkylation sites (N-methyl/N-ethyl adjacent to an activating group) is 1. The maximum absolute atomic E-state index is 11.9. The van der Waals surface area contributed by atoms with Crippen molar-refractivity contribution in [3.05, 3.63) is 35.4 Å². The summed E-state index contributed by atoms with van der Waals surface area (Å²) in [5.74, 6) is 0.0821. The van der Waals surface area contributed by atoms with Gasteiger partial charge in [-0.1, -0.05) is 31.2 Å². The summed E-state index contributed by atoms with van der Waals surface area (Å²) in [6, 6.07) is 8.49. The fourth-order valence-corrected chi connectivity index (χ4v) is 3.03. The molecule has 1 amide bonds. The van der Waals surface area contributed by atoms with Crippen molar-refractivity contribution in [3.8, 4) is 0 Å². The molecule has 1 atom stereocenters. The predicted octanol–water partition coefficient (Wildman–Crippen LogP) is 1.57. The van der Waals surface area contributed by atoms with Gasteiger partial charge in [0.1, 0.15) is 0 Å². The number of hydrogen-bond donors (Lipinski definition) is 2. The van der Waals surface area contributed by atoms with Crippen LogP contribution in [0.1, 0.15) is 37.8 Å². The van der Waals surface area contributed by atoms with Crippen molar-refractivity contribution in [2.75, 3.05) is 32.7 Å². The molecule has 1 fully saturated rings. The highest BCUT2D eigenvalue weighted by atomic mass is 16.1. The van der Waals surface area contributed by atoms with E-state index >= 15 is 0 Å². The predicted molar refractivity (Wildman–Crippen MR) is 98.6 cm³/mol. The Bertz CT molecular complexity index is 510. The minimum absolute atomic E-state index is 0.0739. The molecule has 3 N–H and O–H groups in total. The van der Waals surface area contributed by atoms with Gasteiger partial charge in [0, 0.05) is 51.7 Å². The quantitative estimate of drug-likeness (QED) is 0.758. The molecule has 1 aliphatic rings. The summed E-state index contributed by atoms with van der Waals surface area (Å²) in [6.07, 6.45) is 1.23. The molecule has 1 unspecified atom stereocenters. The molecular weight excluding hydrogens is 300 g/mol. The number of carbonyl (C=O) groups excluding carboxylic acids is 1. The Hall–Kier alpha value is -1.43. The Morgan fingerprint density at radius 3 is 2.42 bits per heavy atom. The summed E-state index contributed by atoms with van der Waals surface area (Å²) in [5, 5.41) is 3.03. The zero-order valence-corrected chi connectivity index (χ0v) is 15.1. The van der Waals surface area contributed by atoms with Gasteiger partial charge in [0.05, 0.1) is 0 Å². The van der Waals surface area contributed by atoms with Crippen LogP contribution in [0, 0.1) is 0 Å². The van der Waals surface area contributed by atoms with Crippen LogP contribution in [0.3, 0.4) is 0 Å². The van der Waals surface area contributed by atoms with E-state index in [1.807, 2.05) is 13.0 Å². The third-order valence-electron chi connectivity index (χ3n) is 4.73. The second-order valence-corrected chi connectivity index (χ2v) is 6.77. The molecular formula is C19H32N4O. The van der Waals surface area contributed by atoms with Crippen molar-refractivity contribution >= 4 is 5.91 Å². The average Bonchev–Trinajstić information content (AvgIpc) is 2.60. The minimum atomic E-state index is 0.0739. The van der Waals surface area contributed by atoms with Gasteiger partial charge in [-0.15, -0.1) is 0 Å². The van der Waals surface area contributed by atoms with Crippen molar-refractivity contribution < 1.29 is 4.79 Å². The van der Waals surface area contributed by atoms with Crippen LogP contribution < -0.4 is 11.1 Å². The van der Waals surface area contributed by atoms with E-state index in [2.05, 4.69) is 40.2 Å². The van der Waals surface area contributed by atoms with Crippen LogP contribution in [0.5, 0.6) is 0 Å². The monoisotopic (exact) mass is 332 g/mol. The fraction of sp³-hybridized carbons (Fsp3) is 0.632. The minimum Gasteiger partial charge on any atom is -0.352 e. The molecule has 1 aliphatic heterocycles. The number of amides is 1. The molecule has 0 aliphatic carbocycles. The van der Waals surface area contributed by atoms with Crippen molar-refractivity contribution in [3.63, 3.8) is 0 Å². The van der Waals surface area contributed by atoms with Crippen molar-refractivity contribution in [2.24, 2.45) is 5.73 Å². The molecule has 5 nitrogen and oxygen atoms in total. The van der Waals surface area contributed by atoms with Crippen LogP contribution in [-0.4, -0.2) is 54.5 Å². The van der Waals surface area contributed by atoms with E-state index in [1.54, 1.807) is 0 Å². The molecule has 0 spiro atoms. The van der Waals surface area contributed by atoms with Gasteiger partial charge in [0.25, 0.3) is 0 Å². The molecule has 1 saturated heterocycles. The third-order valence-corrected chi connectivity index (χ3v) is 4.73. The highest BCUT2D eigenvalue weighted by Gasteiger charge is 2.16. The topological polar surface area (TPSA) is 61.6 Å². The number of benzene rings is 1. The lowest BCUT2D eigenvalue weighted by molar-refractivity contribution is -0.121. The number of rotatable bonds is 8. The second kappa shape index (κ2) is 9.77. The maximum atomic E-state index is 11.9. The van der Waals surface area contributed by atoms with Gasteiger partial charge in [-0.3, -0.25) is 9.69 Å². The van der Waals surface area contributed by atoms with Gasteiger partial charge in [-0.05, 0) is 31.0 Å². The van der Waals surface area contributed by atoms with E-state index in [4.69, 9.17) is 5.73 Å². The number of carbonyl (C=O) groups is 1. The van der Waals surface area contributed by atoms with Crippen LogP contribution in [0.2, 0.25) is 0 Å². The van der Waals surface area contributed by atoms with Gasteiger partial charge in [0.2, 0.25) is 5.91 Å². The van der Waals surface area contributed by atoms with Crippen LogP contribution in [0.15, 0.2) is 24.3 Å². The Morgan fingerprint density at radius 1 is 1.17 bits per heavy atom. The van der Waals surface area contributed by atoms with Gasteiger partial charge < -0.3 is 16.0 Å². The molecule has 134 valence electrons. The molecule has 0 saturated carbocycles. The summed E-state index contributed by atoms with van der Waals surface area (Å²) >= 11 is 0. The zero-order valence-electron chi connectivity index (χ0n) is 15.1. The van der Waals surface area contributed by atoms with Gasteiger partial charge >= 0.3 is 0 Å². The SMILES string of the molecule is CCN1CCN(Cc2ccccc2CNC(=O)CCC(C)N)CC1. The lowest BCUT2D eigenvalue weighted by Crippen LogP contribution is -2.45. The van der Waals surface area contributed by atoms with E-state index in [9.17, 15) is 4.79 Å². The van der Waals surface area contributed by atoms with Crippen LogP contribution >= 0.6 is 0 Å². The number of nitrogens with zero attached hydrogens (tertiary/aromatic N) is 2. The normalized spacial score (nSPS) is 17.6. The molecule has 1 aromatic rings. The molecule has 24 heavy (non-hydrogen) atoms. The average molecular weight is 332 g/mol. The molecule has 0 aromatic heterocycles. The Labute approximate surface area is 146 Å². The maximum Gasteiger partial charge on any atom is 0.220 e. The first-order chi connectivity index (χ1) is 11.6. The summed E-state index contributed by atoms with van der Waals surface area (Å²) < 4.78 is 0. The third kappa shape index (κ3) is 6.23. The molecule has 5 heteroatoms. The van der Waals surface area contributed by atoms with Crippen molar-refractivity contribution in [1.29, 1.82) is 0 Å².